The predicted molar refractivity (Wildman–Crippen MR) is 149 cm³/mol. The van der Waals surface area contributed by atoms with Crippen LogP contribution in [0.2, 0.25) is 10.0 Å². The third kappa shape index (κ3) is 6.41. The van der Waals surface area contributed by atoms with Crippen LogP contribution in [0, 0.1) is 18.3 Å². The minimum Gasteiger partial charge on any atom is -0.369 e. The SMILES string of the molecule is Cc1ccc(C(=O)c2nn(-c3ccc(Cl)cc3)c(NCCCCNC(=O)c3ccc(Cl)cc3)c2C#N)cc1. The number of ketones is 1. The Morgan fingerprint density at radius 2 is 1.45 bits per heavy atom. The van der Waals surface area contributed by atoms with E-state index in [2.05, 4.69) is 21.8 Å². The number of aromatic nitrogens is 2. The van der Waals surface area contributed by atoms with E-state index in [4.69, 9.17) is 23.2 Å². The van der Waals surface area contributed by atoms with Crippen LogP contribution in [0.15, 0.2) is 72.8 Å². The summed E-state index contributed by atoms with van der Waals surface area (Å²) < 4.78 is 1.55. The minimum atomic E-state index is -0.331. The molecule has 0 spiro atoms. The van der Waals surface area contributed by atoms with Crippen LogP contribution in [0.25, 0.3) is 5.69 Å². The van der Waals surface area contributed by atoms with Crippen LogP contribution in [-0.4, -0.2) is 34.6 Å². The first-order valence-corrected chi connectivity index (χ1v) is 12.8. The number of hydrogen-bond donors (Lipinski definition) is 2. The van der Waals surface area contributed by atoms with Gasteiger partial charge in [-0.2, -0.15) is 10.4 Å². The summed E-state index contributed by atoms with van der Waals surface area (Å²) in [5.41, 5.74) is 2.93. The molecule has 7 nitrogen and oxygen atoms in total. The Balaban J connectivity index is 1.47. The van der Waals surface area contributed by atoms with Gasteiger partial charge in [0.15, 0.2) is 5.69 Å². The summed E-state index contributed by atoms with van der Waals surface area (Å²) >= 11 is 11.9. The number of aryl methyl sites for hydroxylation is 1. The highest BCUT2D eigenvalue weighted by Gasteiger charge is 2.25. The van der Waals surface area contributed by atoms with E-state index in [1.807, 2.05) is 19.1 Å². The molecule has 0 aliphatic rings. The maximum atomic E-state index is 13.3. The lowest BCUT2D eigenvalue weighted by molar-refractivity contribution is 0.0952. The highest BCUT2D eigenvalue weighted by Crippen LogP contribution is 2.26. The molecule has 3 aromatic carbocycles. The van der Waals surface area contributed by atoms with E-state index in [1.165, 1.54) is 0 Å². The molecule has 9 heteroatoms. The van der Waals surface area contributed by atoms with Gasteiger partial charge in [0.2, 0.25) is 5.78 Å². The molecule has 0 bridgehead atoms. The molecular weight excluding hydrogens is 521 g/mol. The van der Waals surface area contributed by atoms with Gasteiger partial charge in [0.1, 0.15) is 17.5 Å². The summed E-state index contributed by atoms with van der Waals surface area (Å²) in [5.74, 6) is -0.0702. The molecule has 0 saturated carbocycles. The van der Waals surface area contributed by atoms with Gasteiger partial charge >= 0.3 is 0 Å². The number of carbonyl (C=O) groups is 2. The fraction of sp³-hybridized carbons (Fsp3) is 0.172. The molecule has 2 N–H and O–H groups in total. The first-order valence-electron chi connectivity index (χ1n) is 12.1. The standard InChI is InChI=1S/C29H25Cl2N5O2/c1-19-4-6-20(7-5-19)27(37)26-25(18-32)28(36(35-26)24-14-12-23(31)13-15-24)33-16-2-3-17-34-29(38)21-8-10-22(30)11-9-21/h4-15,33H,2-3,16-17H2,1H3,(H,34,38). The Morgan fingerprint density at radius 3 is 2.08 bits per heavy atom. The average molecular weight is 546 g/mol. The lowest BCUT2D eigenvalue weighted by Gasteiger charge is -2.11. The number of carbonyl (C=O) groups excluding carboxylic acids is 2. The number of halogens is 2. The van der Waals surface area contributed by atoms with E-state index < -0.39 is 0 Å². The largest absolute Gasteiger partial charge is 0.369 e. The third-order valence-corrected chi connectivity index (χ3v) is 6.39. The van der Waals surface area contributed by atoms with E-state index in [0.29, 0.717) is 58.6 Å². The van der Waals surface area contributed by atoms with Crippen LogP contribution >= 0.6 is 23.2 Å². The number of benzene rings is 3. The number of nitrogens with one attached hydrogen (secondary N) is 2. The summed E-state index contributed by atoms with van der Waals surface area (Å²) in [6.07, 6.45) is 1.41. The zero-order valence-electron chi connectivity index (χ0n) is 20.7. The number of unbranched alkanes of at least 4 members (excludes halogenated alkanes) is 1. The van der Waals surface area contributed by atoms with Crippen molar-refractivity contribution in [3.63, 3.8) is 0 Å². The number of hydrogen-bond acceptors (Lipinski definition) is 5. The van der Waals surface area contributed by atoms with Gasteiger partial charge in [0.05, 0.1) is 5.69 Å². The van der Waals surface area contributed by atoms with Crippen molar-refractivity contribution in [3.8, 4) is 11.8 Å². The molecule has 4 aromatic rings. The van der Waals surface area contributed by atoms with Crippen molar-refractivity contribution in [2.45, 2.75) is 19.8 Å². The Kier molecular flexibility index (Phi) is 8.80. The smallest absolute Gasteiger partial charge is 0.251 e. The van der Waals surface area contributed by atoms with Gasteiger partial charge in [0.25, 0.3) is 5.91 Å². The van der Waals surface area contributed by atoms with Crippen molar-refractivity contribution >= 4 is 40.7 Å². The number of rotatable bonds is 10. The van der Waals surface area contributed by atoms with Crippen LogP contribution in [0.3, 0.4) is 0 Å². The predicted octanol–water partition coefficient (Wildman–Crippen LogP) is 6.21. The van der Waals surface area contributed by atoms with E-state index in [1.54, 1.807) is 65.3 Å². The van der Waals surface area contributed by atoms with Crippen LogP contribution in [-0.2, 0) is 0 Å². The van der Waals surface area contributed by atoms with E-state index >= 15 is 0 Å². The molecular formula is C29H25Cl2N5O2. The van der Waals surface area contributed by atoms with Crippen molar-refractivity contribution in [3.05, 3.63) is 111 Å². The second kappa shape index (κ2) is 12.4. The van der Waals surface area contributed by atoms with Gasteiger partial charge in [-0.05, 0) is 68.3 Å². The molecule has 0 atom stereocenters. The maximum Gasteiger partial charge on any atom is 0.251 e. The summed E-state index contributed by atoms with van der Waals surface area (Å²) in [7, 11) is 0. The van der Waals surface area contributed by atoms with E-state index in [0.717, 1.165) is 5.56 Å². The molecule has 0 saturated heterocycles. The lowest BCUT2D eigenvalue weighted by atomic mass is 10.0. The zero-order valence-corrected chi connectivity index (χ0v) is 22.2. The van der Waals surface area contributed by atoms with Crippen molar-refractivity contribution in [2.24, 2.45) is 0 Å². The first kappa shape index (κ1) is 26.9. The maximum absolute atomic E-state index is 13.3. The van der Waals surface area contributed by atoms with Crippen LogP contribution in [0.1, 0.15) is 50.4 Å². The molecule has 1 amide bonds. The fourth-order valence-electron chi connectivity index (χ4n) is 3.82. The van der Waals surface area contributed by atoms with Crippen molar-refractivity contribution < 1.29 is 9.59 Å². The van der Waals surface area contributed by atoms with Crippen molar-refractivity contribution in [1.82, 2.24) is 15.1 Å². The van der Waals surface area contributed by atoms with Gasteiger partial charge in [-0.3, -0.25) is 9.59 Å². The monoisotopic (exact) mass is 545 g/mol. The molecule has 4 rings (SSSR count). The molecule has 0 aliphatic heterocycles. The fourth-order valence-corrected chi connectivity index (χ4v) is 4.07. The second-order valence-electron chi connectivity index (χ2n) is 8.66. The Hall–Kier alpha value is -4.12. The van der Waals surface area contributed by atoms with Gasteiger partial charge in [-0.1, -0.05) is 53.0 Å². The number of nitrogens with zero attached hydrogens (tertiary/aromatic N) is 3. The topological polar surface area (TPSA) is 99.8 Å². The first-order chi connectivity index (χ1) is 18.4. The quantitative estimate of drug-likeness (QED) is 0.182. The molecule has 0 radical (unpaired) electrons. The second-order valence-corrected chi connectivity index (χ2v) is 9.54. The number of amides is 1. The minimum absolute atomic E-state index is 0.0732. The third-order valence-electron chi connectivity index (χ3n) is 5.89. The molecule has 0 fully saturated rings. The van der Waals surface area contributed by atoms with E-state index in [-0.39, 0.29) is 22.9 Å². The molecule has 0 unspecified atom stereocenters. The van der Waals surface area contributed by atoms with Gasteiger partial charge < -0.3 is 10.6 Å². The summed E-state index contributed by atoms with van der Waals surface area (Å²) in [4.78, 5) is 25.5. The van der Waals surface area contributed by atoms with Crippen LogP contribution in [0.4, 0.5) is 5.82 Å². The van der Waals surface area contributed by atoms with Gasteiger partial charge in [-0.25, -0.2) is 4.68 Å². The average Bonchev–Trinajstić information content (AvgIpc) is 3.29. The number of anilines is 1. The summed E-state index contributed by atoms with van der Waals surface area (Å²) in [6.45, 7) is 2.93. The van der Waals surface area contributed by atoms with Gasteiger partial charge in [0, 0.05) is 34.3 Å². The van der Waals surface area contributed by atoms with Gasteiger partial charge in [-0.15, -0.1) is 0 Å². The summed E-state index contributed by atoms with van der Waals surface area (Å²) in [5, 5.41) is 21.8. The molecule has 38 heavy (non-hydrogen) atoms. The van der Waals surface area contributed by atoms with E-state index in [9.17, 15) is 14.9 Å². The molecule has 0 aliphatic carbocycles. The molecule has 192 valence electrons. The Morgan fingerprint density at radius 1 is 0.868 bits per heavy atom. The molecule has 1 aromatic heterocycles. The molecule has 1 heterocycles. The Bertz CT molecular complexity index is 1470. The van der Waals surface area contributed by atoms with Crippen LogP contribution in [0.5, 0.6) is 0 Å². The summed E-state index contributed by atoms with van der Waals surface area (Å²) in [6, 6.07) is 23.0. The van der Waals surface area contributed by atoms with Crippen LogP contribution < -0.4 is 10.6 Å². The highest BCUT2D eigenvalue weighted by atomic mass is 35.5. The van der Waals surface area contributed by atoms with Crippen molar-refractivity contribution in [2.75, 3.05) is 18.4 Å². The Labute approximate surface area is 231 Å². The zero-order chi connectivity index (χ0) is 27.1. The van der Waals surface area contributed by atoms with Crippen molar-refractivity contribution in [1.29, 1.82) is 5.26 Å². The lowest BCUT2D eigenvalue weighted by Crippen LogP contribution is -2.24. The highest BCUT2D eigenvalue weighted by molar-refractivity contribution is 6.30. The normalized spacial score (nSPS) is 10.6. The number of nitriles is 1.